The third kappa shape index (κ3) is 40.8. The van der Waals surface area contributed by atoms with Crippen molar-refractivity contribution in [2.24, 2.45) is 5.73 Å². The van der Waals surface area contributed by atoms with Crippen LogP contribution in [0.1, 0.15) is 149 Å². The first-order valence-electron chi connectivity index (χ1n) is 21.1. The van der Waals surface area contributed by atoms with Gasteiger partial charge in [0.25, 0.3) is 0 Å². The number of unbranched alkanes of at least 4 members (excludes halogenated alkanes) is 9. The van der Waals surface area contributed by atoms with E-state index in [4.69, 9.17) is 24.3 Å². The number of nitrogens with two attached hydrogens (primary N) is 1. The monoisotopic (exact) mass is 806 g/mol. The summed E-state index contributed by atoms with van der Waals surface area (Å²) >= 11 is 0. The van der Waals surface area contributed by atoms with E-state index in [0.29, 0.717) is 19.3 Å². The van der Waals surface area contributed by atoms with Crippen LogP contribution < -0.4 is 5.73 Å². The molecule has 320 valence electrons. The average molecular weight is 806 g/mol. The number of aliphatic hydroxyl groups is 1. The SMILES string of the molecule is CCCCC/C=C\C/C=C\C/C=C\CCCCCCC(=O)O[C@H](COC(=O)CCC/C=C\C/C=C\C/C=C\C/C=C\CCC[C@@H](C)O)COP(=O)(O)OCCN. The molecule has 11 heteroatoms. The van der Waals surface area contributed by atoms with Crippen LogP contribution in [0, 0.1) is 0 Å². The van der Waals surface area contributed by atoms with E-state index in [2.05, 4.69) is 85.9 Å². The van der Waals surface area contributed by atoms with Crippen molar-refractivity contribution in [3.8, 4) is 0 Å². The highest BCUT2D eigenvalue weighted by Crippen LogP contribution is 2.43. The van der Waals surface area contributed by atoms with E-state index in [0.717, 1.165) is 77.0 Å². The predicted molar refractivity (Wildman–Crippen MR) is 230 cm³/mol. The van der Waals surface area contributed by atoms with E-state index in [-0.39, 0.29) is 38.7 Å². The van der Waals surface area contributed by atoms with Crippen LogP contribution in [0.25, 0.3) is 0 Å². The summed E-state index contributed by atoms with van der Waals surface area (Å²) in [6.07, 6.45) is 47.5. The largest absolute Gasteiger partial charge is 0.472 e. The second-order valence-corrected chi connectivity index (χ2v) is 15.2. The third-order valence-electron chi connectivity index (χ3n) is 8.27. The Bertz CT molecular complexity index is 1210. The van der Waals surface area contributed by atoms with E-state index < -0.39 is 32.5 Å². The summed E-state index contributed by atoms with van der Waals surface area (Å²) in [4.78, 5) is 34.8. The standard InChI is InChI=1S/C45H76NO9P/c1-3-4-5-6-7-8-9-10-11-12-15-19-22-25-28-31-34-37-45(49)55-43(41-54-56(50,51)53-39-38-46)40-52-44(48)36-33-30-27-24-21-18-16-13-14-17-20-23-26-29-32-35-42(2)47/h7-8,10-11,14-19,23-24,26-27,42-43,47H,3-6,9,12-13,20-22,25,28-41,46H2,1-2H3,(H,50,51)/b8-7-,11-10-,17-14-,18-16-,19-15-,26-23-,27-24-/t42-,43-/m1/s1. The van der Waals surface area contributed by atoms with Gasteiger partial charge in [-0.25, -0.2) is 4.57 Å². The summed E-state index contributed by atoms with van der Waals surface area (Å²) in [7, 11) is -4.41. The summed E-state index contributed by atoms with van der Waals surface area (Å²) in [6, 6.07) is 0. The number of aliphatic hydroxyl groups excluding tert-OH is 1. The molecule has 56 heavy (non-hydrogen) atoms. The Morgan fingerprint density at radius 1 is 0.607 bits per heavy atom. The molecule has 1 unspecified atom stereocenters. The van der Waals surface area contributed by atoms with Gasteiger partial charge in [-0.3, -0.25) is 18.6 Å². The van der Waals surface area contributed by atoms with Crippen LogP contribution in [-0.2, 0) is 32.7 Å². The number of hydrogen-bond donors (Lipinski definition) is 3. The molecule has 0 aliphatic rings. The highest BCUT2D eigenvalue weighted by Gasteiger charge is 2.25. The van der Waals surface area contributed by atoms with Crippen molar-refractivity contribution < 1.29 is 42.7 Å². The lowest BCUT2D eigenvalue weighted by atomic mass is 10.1. The Morgan fingerprint density at radius 3 is 1.59 bits per heavy atom. The molecule has 4 N–H and O–H groups in total. The molecule has 0 aliphatic carbocycles. The zero-order valence-corrected chi connectivity index (χ0v) is 35.6. The number of phosphoric ester groups is 1. The van der Waals surface area contributed by atoms with Crippen LogP contribution in [0.4, 0.5) is 0 Å². The van der Waals surface area contributed by atoms with Crippen molar-refractivity contribution >= 4 is 19.8 Å². The summed E-state index contributed by atoms with van der Waals surface area (Å²) in [6.45, 7) is 3.13. The molecule has 0 aromatic heterocycles. The van der Waals surface area contributed by atoms with Crippen LogP contribution in [-0.4, -0.2) is 60.5 Å². The number of hydrogen-bond acceptors (Lipinski definition) is 9. The fraction of sp³-hybridized carbons (Fsp3) is 0.644. The molecule has 0 radical (unpaired) electrons. The lowest BCUT2D eigenvalue weighted by Gasteiger charge is -2.19. The first-order valence-corrected chi connectivity index (χ1v) is 22.6. The van der Waals surface area contributed by atoms with Gasteiger partial charge in [-0.2, -0.15) is 0 Å². The molecule has 0 bridgehead atoms. The normalized spacial score (nSPS) is 14.7. The van der Waals surface area contributed by atoms with Crippen molar-refractivity contribution in [1.82, 2.24) is 0 Å². The molecular weight excluding hydrogens is 729 g/mol. The first-order chi connectivity index (χ1) is 27.2. The molecule has 0 aromatic carbocycles. The van der Waals surface area contributed by atoms with Gasteiger partial charge in [0.2, 0.25) is 0 Å². The molecule has 0 saturated heterocycles. The van der Waals surface area contributed by atoms with E-state index >= 15 is 0 Å². The van der Waals surface area contributed by atoms with Gasteiger partial charge in [0.1, 0.15) is 6.61 Å². The molecule has 0 amide bonds. The van der Waals surface area contributed by atoms with Crippen LogP contribution >= 0.6 is 7.82 Å². The van der Waals surface area contributed by atoms with Gasteiger partial charge in [-0.1, -0.05) is 118 Å². The number of carbonyl (C=O) groups is 2. The first kappa shape index (κ1) is 53.1. The molecule has 0 heterocycles. The Labute approximate surface area is 339 Å². The van der Waals surface area contributed by atoms with Gasteiger partial charge < -0.3 is 25.2 Å². The Hall–Kier alpha value is -2.85. The minimum Gasteiger partial charge on any atom is -0.462 e. The van der Waals surface area contributed by atoms with Gasteiger partial charge in [-0.15, -0.1) is 0 Å². The predicted octanol–water partition coefficient (Wildman–Crippen LogP) is 11.0. The Morgan fingerprint density at radius 2 is 1.07 bits per heavy atom. The van der Waals surface area contributed by atoms with E-state index in [9.17, 15) is 24.2 Å². The Balaban J connectivity index is 4.33. The topological polar surface area (TPSA) is 155 Å². The fourth-order valence-corrected chi connectivity index (χ4v) is 5.89. The maximum Gasteiger partial charge on any atom is 0.472 e. The van der Waals surface area contributed by atoms with Crippen LogP contribution in [0.15, 0.2) is 85.1 Å². The van der Waals surface area contributed by atoms with Crippen molar-refractivity contribution in [2.45, 2.75) is 161 Å². The second-order valence-electron chi connectivity index (χ2n) is 13.8. The van der Waals surface area contributed by atoms with Gasteiger partial charge in [0, 0.05) is 19.4 Å². The summed E-state index contributed by atoms with van der Waals surface area (Å²) in [5.41, 5.74) is 5.34. The maximum atomic E-state index is 12.6. The number of allylic oxidation sites excluding steroid dienone is 14. The van der Waals surface area contributed by atoms with E-state index in [1.165, 1.54) is 25.7 Å². The van der Waals surface area contributed by atoms with Gasteiger partial charge in [0.15, 0.2) is 6.10 Å². The molecule has 10 nitrogen and oxygen atoms in total. The minimum absolute atomic E-state index is 0.0326. The molecule has 3 atom stereocenters. The summed E-state index contributed by atoms with van der Waals surface area (Å²) in [5, 5.41) is 9.26. The van der Waals surface area contributed by atoms with Crippen LogP contribution in [0.3, 0.4) is 0 Å². The second kappa shape index (κ2) is 40.4. The minimum atomic E-state index is -4.41. The van der Waals surface area contributed by atoms with Crippen LogP contribution in [0.5, 0.6) is 0 Å². The van der Waals surface area contributed by atoms with Crippen molar-refractivity contribution in [2.75, 3.05) is 26.4 Å². The molecule has 0 aromatic rings. The fourth-order valence-electron chi connectivity index (χ4n) is 5.12. The maximum absolute atomic E-state index is 12.6. The molecule has 0 rings (SSSR count). The van der Waals surface area contributed by atoms with Crippen molar-refractivity contribution in [3.63, 3.8) is 0 Å². The quantitative estimate of drug-likeness (QED) is 0.0238. The summed E-state index contributed by atoms with van der Waals surface area (Å²) in [5.74, 6) is -0.946. The number of rotatable bonds is 38. The van der Waals surface area contributed by atoms with Crippen molar-refractivity contribution in [3.05, 3.63) is 85.1 Å². The number of esters is 2. The molecule has 0 fully saturated rings. The number of phosphoric acid groups is 1. The molecular formula is C45H76NO9P. The number of carbonyl (C=O) groups excluding carboxylic acids is 2. The average Bonchev–Trinajstić information content (AvgIpc) is 3.17. The lowest BCUT2D eigenvalue weighted by Crippen LogP contribution is -2.29. The highest BCUT2D eigenvalue weighted by molar-refractivity contribution is 7.47. The lowest BCUT2D eigenvalue weighted by molar-refractivity contribution is -0.161. The van der Waals surface area contributed by atoms with Crippen molar-refractivity contribution in [1.29, 1.82) is 0 Å². The van der Waals surface area contributed by atoms with Gasteiger partial charge in [0.05, 0.1) is 19.3 Å². The smallest absolute Gasteiger partial charge is 0.462 e. The van der Waals surface area contributed by atoms with Gasteiger partial charge in [-0.05, 0) is 103 Å². The number of ether oxygens (including phenoxy) is 2. The third-order valence-corrected chi connectivity index (χ3v) is 9.26. The highest BCUT2D eigenvalue weighted by atomic mass is 31.2. The molecule has 0 spiro atoms. The zero-order chi connectivity index (χ0) is 41.2. The van der Waals surface area contributed by atoms with Crippen LogP contribution in [0.2, 0.25) is 0 Å². The van der Waals surface area contributed by atoms with Gasteiger partial charge >= 0.3 is 19.8 Å². The molecule has 0 saturated carbocycles. The zero-order valence-electron chi connectivity index (χ0n) is 34.7. The van der Waals surface area contributed by atoms with E-state index in [1.54, 1.807) is 0 Å². The van der Waals surface area contributed by atoms with E-state index in [1.807, 2.05) is 13.0 Å². The molecule has 0 aliphatic heterocycles. The Kier molecular flexibility index (Phi) is 38.3. The summed E-state index contributed by atoms with van der Waals surface area (Å²) < 4.78 is 32.6.